The summed E-state index contributed by atoms with van der Waals surface area (Å²) in [4.78, 5) is 2.32. The molecule has 1 aliphatic carbocycles. The summed E-state index contributed by atoms with van der Waals surface area (Å²) in [5.74, 6) is 0.417. The third-order valence-corrected chi connectivity index (χ3v) is 9.95. The number of fused-ring (bicyclic) bond motifs is 1. The number of allylic oxidation sites excluding steroid dienone is 8. The molecule has 0 N–H and O–H groups in total. The van der Waals surface area contributed by atoms with Gasteiger partial charge in [-0.15, -0.1) is 0 Å². The fourth-order valence-corrected chi connectivity index (χ4v) is 7.33. The van der Waals surface area contributed by atoms with Crippen LogP contribution in [0.5, 0.6) is 0 Å². The molecule has 2 rings (SSSR count). The van der Waals surface area contributed by atoms with Gasteiger partial charge in [-0.3, -0.25) is 0 Å². The molecule has 3 heteroatoms. The maximum Gasteiger partial charge on any atom is 0.169 e. The molecule has 0 bridgehead atoms. The fourth-order valence-electron chi connectivity index (χ4n) is 7.33. The summed E-state index contributed by atoms with van der Waals surface area (Å²) >= 11 is 0. The van der Waals surface area contributed by atoms with E-state index in [2.05, 4.69) is 81.5 Å². The Labute approximate surface area is 287 Å². The van der Waals surface area contributed by atoms with E-state index in [-0.39, 0.29) is 5.79 Å². The van der Waals surface area contributed by atoms with E-state index in [1.54, 1.807) is 0 Å². The van der Waals surface area contributed by atoms with Crippen molar-refractivity contribution in [1.82, 2.24) is 4.90 Å². The largest absolute Gasteiger partial charge is 0.344 e. The zero-order valence-electron chi connectivity index (χ0n) is 31.2. The van der Waals surface area contributed by atoms with Crippen molar-refractivity contribution >= 4 is 0 Å². The molecular weight excluding hydrogens is 562 g/mol. The Bertz CT molecular complexity index is 798. The van der Waals surface area contributed by atoms with E-state index in [1.165, 1.54) is 148 Å². The highest BCUT2D eigenvalue weighted by Gasteiger charge is 2.50. The zero-order valence-corrected chi connectivity index (χ0v) is 31.2. The Kier molecular flexibility index (Phi) is 24.7. The minimum absolute atomic E-state index is 0.302. The quantitative estimate of drug-likeness (QED) is 0.0443. The average molecular weight is 640 g/mol. The van der Waals surface area contributed by atoms with Crippen LogP contribution in [0.2, 0.25) is 0 Å². The minimum atomic E-state index is -0.302. The van der Waals surface area contributed by atoms with Gasteiger partial charge in [0.25, 0.3) is 0 Å². The summed E-state index contributed by atoms with van der Waals surface area (Å²) < 4.78 is 13.7. The normalized spacial score (nSPS) is 23.5. The minimum Gasteiger partial charge on any atom is -0.344 e. The molecule has 1 heterocycles. The van der Waals surface area contributed by atoms with Crippen LogP contribution in [-0.2, 0) is 9.47 Å². The first-order chi connectivity index (χ1) is 22.6. The van der Waals surface area contributed by atoms with Crippen molar-refractivity contribution < 1.29 is 9.47 Å². The fraction of sp³-hybridized carbons (Fsp3) is 0.814. The van der Waals surface area contributed by atoms with E-state index in [4.69, 9.17) is 9.47 Å². The molecule has 0 amide bonds. The second-order valence-corrected chi connectivity index (χ2v) is 14.8. The second kappa shape index (κ2) is 27.8. The molecule has 46 heavy (non-hydrogen) atoms. The summed E-state index contributed by atoms with van der Waals surface area (Å²) in [7, 11) is 4.38. The molecule has 0 spiro atoms. The van der Waals surface area contributed by atoms with Crippen molar-refractivity contribution in [3.8, 4) is 0 Å². The molecule has 3 nitrogen and oxygen atoms in total. The number of unbranched alkanes of at least 4 members (excludes halogenated alkanes) is 17. The first-order valence-corrected chi connectivity index (χ1v) is 20.2. The number of hydrogen-bond donors (Lipinski definition) is 0. The molecule has 0 radical (unpaired) electrons. The van der Waals surface area contributed by atoms with Gasteiger partial charge in [-0.2, -0.15) is 0 Å². The average Bonchev–Trinajstić information content (AvgIpc) is 3.55. The van der Waals surface area contributed by atoms with Gasteiger partial charge >= 0.3 is 0 Å². The third kappa shape index (κ3) is 20.3. The second-order valence-electron chi connectivity index (χ2n) is 14.8. The Hall–Kier alpha value is -1.16. The number of hydrogen-bond acceptors (Lipinski definition) is 3. The molecule has 0 aromatic heterocycles. The van der Waals surface area contributed by atoms with Gasteiger partial charge in [0.2, 0.25) is 0 Å². The van der Waals surface area contributed by atoms with Gasteiger partial charge in [0.1, 0.15) is 0 Å². The molecule has 2 unspecified atom stereocenters. The summed E-state index contributed by atoms with van der Waals surface area (Å²) in [6.07, 6.45) is 52.2. The molecule has 0 aromatic rings. The van der Waals surface area contributed by atoms with Crippen molar-refractivity contribution in [3.63, 3.8) is 0 Å². The molecule has 1 saturated carbocycles. The van der Waals surface area contributed by atoms with E-state index in [0.29, 0.717) is 12.2 Å². The van der Waals surface area contributed by atoms with E-state index >= 15 is 0 Å². The lowest BCUT2D eigenvalue weighted by molar-refractivity contribution is -0.193. The SMILES string of the molecule is CCCC/C=C/C=C/CCCCCCCCC1(CCCCCCCC/C=C\C/C=C\CCCCC)OC2CC(CN(C)C)CC2O1. The van der Waals surface area contributed by atoms with Gasteiger partial charge in [0.15, 0.2) is 5.79 Å². The first-order valence-electron chi connectivity index (χ1n) is 20.2. The van der Waals surface area contributed by atoms with Crippen molar-refractivity contribution in [2.75, 3.05) is 20.6 Å². The molecule has 2 atom stereocenters. The molecule has 266 valence electrons. The van der Waals surface area contributed by atoms with Gasteiger partial charge in [-0.25, -0.2) is 0 Å². The lowest BCUT2D eigenvalue weighted by Crippen LogP contribution is -2.33. The predicted octanol–water partition coefficient (Wildman–Crippen LogP) is 13.1. The number of nitrogens with zero attached hydrogens (tertiary/aromatic N) is 1. The lowest BCUT2D eigenvalue weighted by Gasteiger charge is -2.30. The van der Waals surface area contributed by atoms with Crippen LogP contribution in [0.15, 0.2) is 48.6 Å². The zero-order chi connectivity index (χ0) is 33.0. The highest BCUT2D eigenvalue weighted by atomic mass is 16.8. The van der Waals surface area contributed by atoms with Gasteiger partial charge in [0, 0.05) is 19.4 Å². The molecule has 2 aliphatic rings. The van der Waals surface area contributed by atoms with E-state index in [0.717, 1.165) is 31.7 Å². The van der Waals surface area contributed by atoms with Crippen LogP contribution in [0.1, 0.15) is 181 Å². The molecular formula is C43H77NO2. The maximum absolute atomic E-state index is 6.86. The Morgan fingerprint density at radius 2 is 0.957 bits per heavy atom. The van der Waals surface area contributed by atoms with Crippen LogP contribution in [0.25, 0.3) is 0 Å². The molecule has 1 aliphatic heterocycles. The van der Waals surface area contributed by atoms with Gasteiger partial charge in [-0.05, 0) is 97.1 Å². The predicted molar refractivity (Wildman–Crippen MR) is 202 cm³/mol. The van der Waals surface area contributed by atoms with Crippen LogP contribution < -0.4 is 0 Å². The summed E-state index contributed by atoms with van der Waals surface area (Å²) in [6.45, 7) is 5.68. The lowest BCUT2D eigenvalue weighted by atomic mass is 9.98. The standard InChI is InChI=1S/C43H77NO2/c1-5-7-9-11-13-15-17-19-21-22-24-26-28-30-32-34-36-43(45-41-37-40(39-44(3)4)38-42(41)46-43)35-33-31-29-27-25-23-20-18-16-14-12-10-8-6-2/h12-16,18-19,21,40-42H,5-11,17,20,22-39H2,1-4H3/b14-12+,15-13-,18-16+,21-19-. The van der Waals surface area contributed by atoms with E-state index < -0.39 is 0 Å². The first kappa shape index (κ1) is 41.0. The van der Waals surface area contributed by atoms with Gasteiger partial charge in [0.05, 0.1) is 12.2 Å². The van der Waals surface area contributed by atoms with Crippen LogP contribution in [0.3, 0.4) is 0 Å². The number of rotatable bonds is 30. The van der Waals surface area contributed by atoms with Gasteiger partial charge < -0.3 is 14.4 Å². The highest BCUT2D eigenvalue weighted by Crippen LogP contribution is 2.45. The van der Waals surface area contributed by atoms with E-state index in [9.17, 15) is 0 Å². The van der Waals surface area contributed by atoms with E-state index in [1.807, 2.05) is 0 Å². The summed E-state index contributed by atoms with van der Waals surface area (Å²) in [5.41, 5.74) is 0. The summed E-state index contributed by atoms with van der Waals surface area (Å²) in [6, 6.07) is 0. The Morgan fingerprint density at radius 3 is 1.46 bits per heavy atom. The monoisotopic (exact) mass is 640 g/mol. The number of ether oxygens (including phenoxy) is 2. The van der Waals surface area contributed by atoms with Crippen LogP contribution >= 0.6 is 0 Å². The van der Waals surface area contributed by atoms with Gasteiger partial charge in [-0.1, -0.05) is 140 Å². The Balaban J connectivity index is 1.59. The van der Waals surface area contributed by atoms with Crippen LogP contribution in [0, 0.1) is 5.92 Å². The van der Waals surface area contributed by atoms with Crippen molar-refractivity contribution in [3.05, 3.63) is 48.6 Å². The van der Waals surface area contributed by atoms with Crippen LogP contribution in [0.4, 0.5) is 0 Å². The van der Waals surface area contributed by atoms with Crippen LogP contribution in [-0.4, -0.2) is 43.5 Å². The molecule has 1 saturated heterocycles. The molecule has 2 fully saturated rings. The summed E-state index contributed by atoms with van der Waals surface area (Å²) in [5, 5.41) is 0. The topological polar surface area (TPSA) is 21.7 Å². The maximum atomic E-state index is 6.86. The van der Waals surface area contributed by atoms with Crippen molar-refractivity contribution in [2.24, 2.45) is 5.92 Å². The highest BCUT2D eigenvalue weighted by molar-refractivity contribution is 5.02. The third-order valence-electron chi connectivity index (χ3n) is 9.95. The smallest absolute Gasteiger partial charge is 0.169 e. The van der Waals surface area contributed by atoms with Crippen molar-refractivity contribution in [2.45, 2.75) is 199 Å². The van der Waals surface area contributed by atoms with Crippen molar-refractivity contribution in [1.29, 1.82) is 0 Å². The Morgan fingerprint density at radius 1 is 0.522 bits per heavy atom. The molecule has 0 aromatic carbocycles.